The molecular weight excluding hydrogens is 326 g/mol. The highest BCUT2D eigenvalue weighted by atomic mass is 79.9. The maximum atomic E-state index is 11.8. The molecule has 1 aliphatic rings. The summed E-state index contributed by atoms with van der Waals surface area (Å²) in [6, 6.07) is 8.26. The van der Waals surface area contributed by atoms with Crippen molar-refractivity contribution in [1.29, 1.82) is 0 Å². The second-order valence-electron chi connectivity index (χ2n) is 5.32. The van der Waals surface area contributed by atoms with Crippen LogP contribution in [0, 0.1) is 0 Å². The summed E-state index contributed by atoms with van der Waals surface area (Å²) in [6.07, 6.45) is 4.05. The zero-order chi connectivity index (χ0) is 14.0. The lowest BCUT2D eigenvalue weighted by molar-refractivity contribution is 0.455. The van der Waals surface area contributed by atoms with Crippen molar-refractivity contribution in [3.63, 3.8) is 0 Å². The summed E-state index contributed by atoms with van der Waals surface area (Å²) in [7, 11) is -2.96. The van der Waals surface area contributed by atoms with Crippen LogP contribution in [0.1, 0.15) is 37.8 Å². The second kappa shape index (κ2) is 5.94. The summed E-state index contributed by atoms with van der Waals surface area (Å²) in [5, 5.41) is 3.24. The van der Waals surface area contributed by atoms with Crippen molar-refractivity contribution in [3.8, 4) is 0 Å². The molecule has 0 aliphatic heterocycles. The minimum absolute atomic E-state index is 0.0668. The maximum Gasteiger partial charge on any atom is 0.151 e. The maximum absolute atomic E-state index is 11.8. The average molecular weight is 346 g/mol. The largest absolute Gasteiger partial charge is 0.306 e. The van der Waals surface area contributed by atoms with Gasteiger partial charge in [-0.1, -0.05) is 40.5 Å². The normalized spacial score (nSPS) is 25.4. The number of nitrogens with one attached hydrogen (secondary N) is 1. The Labute approximate surface area is 123 Å². The molecule has 0 saturated heterocycles. The highest BCUT2D eigenvalue weighted by Gasteiger charge is 2.35. The predicted molar refractivity (Wildman–Crippen MR) is 82.0 cm³/mol. The number of halogens is 1. The molecule has 3 atom stereocenters. The zero-order valence-corrected chi connectivity index (χ0v) is 13.7. The topological polar surface area (TPSA) is 46.2 Å². The van der Waals surface area contributed by atoms with E-state index in [2.05, 4.69) is 34.2 Å². The third kappa shape index (κ3) is 3.58. The predicted octanol–water partition coefficient (Wildman–Crippen LogP) is 3.07. The van der Waals surface area contributed by atoms with Crippen molar-refractivity contribution >= 4 is 25.8 Å². The van der Waals surface area contributed by atoms with E-state index in [1.807, 2.05) is 18.2 Å². The second-order valence-corrected chi connectivity index (χ2v) is 8.43. The van der Waals surface area contributed by atoms with Crippen LogP contribution >= 0.6 is 15.9 Å². The first kappa shape index (κ1) is 15.0. The molecule has 1 aliphatic carbocycles. The lowest BCUT2D eigenvalue weighted by Crippen LogP contribution is -2.41. The van der Waals surface area contributed by atoms with E-state index in [0.29, 0.717) is 0 Å². The summed E-state index contributed by atoms with van der Waals surface area (Å²) in [5.41, 5.74) is 1.17. The molecule has 19 heavy (non-hydrogen) atoms. The van der Waals surface area contributed by atoms with Gasteiger partial charge >= 0.3 is 0 Å². The van der Waals surface area contributed by atoms with E-state index in [1.54, 1.807) is 0 Å². The van der Waals surface area contributed by atoms with Gasteiger partial charge in [0.1, 0.15) is 0 Å². The molecule has 2 unspecified atom stereocenters. The molecule has 0 spiro atoms. The fourth-order valence-electron chi connectivity index (χ4n) is 2.87. The minimum atomic E-state index is -2.96. The minimum Gasteiger partial charge on any atom is -0.306 e. The van der Waals surface area contributed by atoms with Crippen molar-refractivity contribution in [2.45, 2.75) is 43.5 Å². The summed E-state index contributed by atoms with van der Waals surface area (Å²) >= 11 is 3.54. The first-order chi connectivity index (χ1) is 8.89. The van der Waals surface area contributed by atoms with Gasteiger partial charge in [-0.25, -0.2) is 8.42 Å². The number of hydrogen-bond acceptors (Lipinski definition) is 3. The van der Waals surface area contributed by atoms with Gasteiger partial charge in [0.15, 0.2) is 9.84 Å². The van der Waals surface area contributed by atoms with Crippen LogP contribution in [0.15, 0.2) is 28.7 Å². The standard InChI is InChI=1S/C14H20BrNO2S/c1-10(11-6-3-4-7-12(11)15)16-13-8-5-9-14(13)19(2,17)18/h3-4,6-7,10,13-14,16H,5,8-9H2,1-2H3/t10-,13?,14?/m0/s1. The van der Waals surface area contributed by atoms with E-state index in [4.69, 9.17) is 0 Å². The third-order valence-electron chi connectivity index (χ3n) is 3.84. The van der Waals surface area contributed by atoms with Crippen molar-refractivity contribution in [3.05, 3.63) is 34.3 Å². The molecule has 1 aromatic rings. The van der Waals surface area contributed by atoms with Gasteiger partial charge in [0, 0.05) is 22.8 Å². The van der Waals surface area contributed by atoms with E-state index in [0.717, 1.165) is 23.7 Å². The van der Waals surface area contributed by atoms with Gasteiger partial charge in [-0.3, -0.25) is 0 Å². The van der Waals surface area contributed by atoms with Gasteiger partial charge in [0.25, 0.3) is 0 Å². The lowest BCUT2D eigenvalue weighted by Gasteiger charge is -2.25. The van der Waals surface area contributed by atoms with Crippen molar-refractivity contribution in [1.82, 2.24) is 5.32 Å². The highest BCUT2D eigenvalue weighted by molar-refractivity contribution is 9.10. The quantitative estimate of drug-likeness (QED) is 0.911. The Bertz CT molecular complexity index is 544. The van der Waals surface area contributed by atoms with Gasteiger partial charge in [-0.15, -0.1) is 0 Å². The van der Waals surface area contributed by atoms with Crippen LogP contribution in [-0.4, -0.2) is 26.0 Å². The Kier molecular flexibility index (Phi) is 4.69. The van der Waals surface area contributed by atoms with Crippen molar-refractivity contribution < 1.29 is 8.42 Å². The van der Waals surface area contributed by atoms with Crippen LogP contribution in [0.5, 0.6) is 0 Å². The van der Waals surface area contributed by atoms with Gasteiger partial charge in [0.2, 0.25) is 0 Å². The van der Waals surface area contributed by atoms with Crippen molar-refractivity contribution in [2.24, 2.45) is 0 Å². The molecular formula is C14H20BrNO2S. The Morgan fingerprint density at radius 1 is 1.32 bits per heavy atom. The Hall–Kier alpha value is -0.390. The molecule has 2 rings (SSSR count). The fourth-order valence-corrected chi connectivity index (χ4v) is 4.90. The smallest absolute Gasteiger partial charge is 0.151 e. The van der Waals surface area contributed by atoms with Crippen LogP contribution < -0.4 is 5.32 Å². The molecule has 3 nitrogen and oxygen atoms in total. The number of benzene rings is 1. The first-order valence-electron chi connectivity index (χ1n) is 6.59. The lowest BCUT2D eigenvalue weighted by atomic mass is 10.1. The number of sulfone groups is 1. The van der Waals surface area contributed by atoms with Gasteiger partial charge in [-0.05, 0) is 31.4 Å². The van der Waals surface area contributed by atoms with Crippen LogP contribution in [0.3, 0.4) is 0 Å². The Morgan fingerprint density at radius 3 is 2.63 bits per heavy atom. The fraction of sp³-hybridized carbons (Fsp3) is 0.571. The third-order valence-corrected chi connectivity index (χ3v) is 6.22. The molecule has 0 heterocycles. The Balaban J connectivity index is 2.11. The Morgan fingerprint density at radius 2 is 2.00 bits per heavy atom. The number of rotatable bonds is 4. The molecule has 0 aromatic heterocycles. The summed E-state index contributed by atoms with van der Waals surface area (Å²) in [4.78, 5) is 0. The van der Waals surface area contributed by atoms with Gasteiger partial charge in [-0.2, -0.15) is 0 Å². The SMILES string of the molecule is C[C@H](NC1CCCC1S(C)(=O)=O)c1ccccc1Br. The molecule has 0 bridgehead atoms. The summed E-state index contributed by atoms with van der Waals surface area (Å²) in [5.74, 6) is 0. The summed E-state index contributed by atoms with van der Waals surface area (Å²) < 4.78 is 24.6. The molecule has 1 aromatic carbocycles. The number of hydrogen-bond donors (Lipinski definition) is 1. The molecule has 1 fully saturated rings. The van der Waals surface area contributed by atoms with E-state index < -0.39 is 9.84 Å². The zero-order valence-electron chi connectivity index (χ0n) is 11.3. The van der Waals surface area contributed by atoms with Crippen LogP contribution in [0.2, 0.25) is 0 Å². The molecule has 0 amide bonds. The van der Waals surface area contributed by atoms with Gasteiger partial charge < -0.3 is 5.32 Å². The molecule has 0 radical (unpaired) electrons. The van der Waals surface area contributed by atoms with E-state index in [9.17, 15) is 8.42 Å². The van der Waals surface area contributed by atoms with Crippen LogP contribution in [0.4, 0.5) is 0 Å². The van der Waals surface area contributed by atoms with E-state index >= 15 is 0 Å². The monoisotopic (exact) mass is 345 g/mol. The molecule has 1 N–H and O–H groups in total. The van der Waals surface area contributed by atoms with E-state index in [1.165, 1.54) is 11.8 Å². The molecule has 5 heteroatoms. The van der Waals surface area contributed by atoms with Crippen LogP contribution in [0.25, 0.3) is 0 Å². The average Bonchev–Trinajstić information content (AvgIpc) is 2.77. The van der Waals surface area contributed by atoms with Crippen LogP contribution in [-0.2, 0) is 9.84 Å². The van der Waals surface area contributed by atoms with Crippen molar-refractivity contribution in [2.75, 3.05) is 6.26 Å². The molecule has 106 valence electrons. The van der Waals surface area contributed by atoms with E-state index in [-0.39, 0.29) is 17.3 Å². The summed E-state index contributed by atoms with van der Waals surface area (Å²) in [6.45, 7) is 2.08. The highest BCUT2D eigenvalue weighted by Crippen LogP contribution is 2.29. The first-order valence-corrected chi connectivity index (χ1v) is 9.33. The van der Waals surface area contributed by atoms with Gasteiger partial charge in [0.05, 0.1) is 5.25 Å². The molecule has 1 saturated carbocycles.